The number of furan rings is 1. The van der Waals surface area contributed by atoms with Crippen molar-refractivity contribution in [3.8, 4) is 5.75 Å². The van der Waals surface area contributed by atoms with Gasteiger partial charge in [-0.05, 0) is 49.2 Å². The third-order valence-electron chi connectivity index (χ3n) is 5.71. The van der Waals surface area contributed by atoms with Crippen molar-refractivity contribution in [1.82, 2.24) is 4.90 Å². The zero-order chi connectivity index (χ0) is 21.2. The highest BCUT2D eigenvalue weighted by Gasteiger charge is 2.29. The van der Waals surface area contributed by atoms with E-state index in [1.807, 2.05) is 66.7 Å². The molecule has 6 heteroatoms. The average molecular weight is 414 g/mol. The third-order valence-corrected chi connectivity index (χ3v) is 5.71. The molecule has 0 atom stereocenters. The quantitative estimate of drug-likeness (QED) is 0.358. The van der Waals surface area contributed by atoms with Gasteiger partial charge in [0.25, 0.3) is 0 Å². The number of carbonyl (C=O) groups excluding carboxylic acids is 2. The van der Waals surface area contributed by atoms with E-state index in [0.29, 0.717) is 31.7 Å². The van der Waals surface area contributed by atoms with Crippen molar-refractivity contribution in [2.75, 3.05) is 18.4 Å². The van der Waals surface area contributed by atoms with Gasteiger partial charge < -0.3 is 19.4 Å². The molecule has 1 aliphatic heterocycles. The molecule has 156 valence electrons. The van der Waals surface area contributed by atoms with Crippen molar-refractivity contribution in [2.24, 2.45) is 5.92 Å². The number of ether oxygens (including phenoxy) is 1. The van der Waals surface area contributed by atoms with Crippen LogP contribution in [0.1, 0.15) is 12.8 Å². The van der Waals surface area contributed by atoms with Gasteiger partial charge in [-0.1, -0.05) is 36.4 Å². The Morgan fingerprint density at radius 1 is 0.871 bits per heavy atom. The molecule has 0 bridgehead atoms. The fraction of sp³-hybridized carbons (Fsp3) is 0.200. The van der Waals surface area contributed by atoms with Crippen LogP contribution < -0.4 is 10.1 Å². The number of esters is 1. The van der Waals surface area contributed by atoms with Crippen molar-refractivity contribution < 1.29 is 18.7 Å². The number of hydrogen-bond acceptors (Lipinski definition) is 4. The Bertz CT molecular complexity index is 1240. The van der Waals surface area contributed by atoms with Crippen molar-refractivity contribution in [1.29, 1.82) is 0 Å². The second kappa shape index (κ2) is 8.14. The van der Waals surface area contributed by atoms with E-state index in [0.717, 1.165) is 27.6 Å². The maximum Gasteiger partial charge on any atom is 0.321 e. The lowest BCUT2D eigenvalue weighted by molar-refractivity contribution is -0.140. The minimum Gasteiger partial charge on any atom is -0.456 e. The molecule has 1 saturated heterocycles. The lowest BCUT2D eigenvalue weighted by Gasteiger charge is -2.30. The molecule has 1 fully saturated rings. The van der Waals surface area contributed by atoms with Crippen LogP contribution in [0.2, 0.25) is 0 Å². The van der Waals surface area contributed by atoms with Gasteiger partial charge in [0.1, 0.15) is 16.9 Å². The molecule has 0 spiro atoms. The van der Waals surface area contributed by atoms with Crippen LogP contribution in [0.5, 0.6) is 5.75 Å². The first-order valence-corrected chi connectivity index (χ1v) is 10.4. The Morgan fingerprint density at radius 3 is 2.39 bits per heavy atom. The summed E-state index contributed by atoms with van der Waals surface area (Å²) in [6.45, 7) is 1.04. The largest absolute Gasteiger partial charge is 0.456 e. The minimum atomic E-state index is -0.254. The van der Waals surface area contributed by atoms with Crippen LogP contribution >= 0.6 is 0 Å². The molecule has 4 aromatic rings. The van der Waals surface area contributed by atoms with Gasteiger partial charge in [-0.25, -0.2) is 4.79 Å². The van der Waals surface area contributed by atoms with Crippen LogP contribution in [0.15, 0.2) is 77.2 Å². The van der Waals surface area contributed by atoms with Gasteiger partial charge in [-0.15, -0.1) is 0 Å². The molecular formula is C25H22N2O4. The number of amides is 2. The summed E-state index contributed by atoms with van der Waals surface area (Å²) in [6, 6.07) is 22.4. The number of rotatable bonds is 3. The van der Waals surface area contributed by atoms with E-state index < -0.39 is 0 Å². The number of anilines is 1. The highest BCUT2D eigenvalue weighted by Crippen LogP contribution is 2.32. The Hall–Kier alpha value is -3.80. The van der Waals surface area contributed by atoms with Gasteiger partial charge in [-0.2, -0.15) is 0 Å². The minimum absolute atomic E-state index is 0.143. The molecular weight excluding hydrogens is 392 g/mol. The smallest absolute Gasteiger partial charge is 0.321 e. The van der Waals surface area contributed by atoms with Crippen molar-refractivity contribution in [3.05, 3.63) is 72.8 Å². The summed E-state index contributed by atoms with van der Waals surface area (Å²) < 4.78 is 11.5. The third kappa shape index (κ3) is 3.97. The van der Waals surface area contributed by atoms with Gasteiger partial charge in [0.05, 0.1) is 5.92 Å². The number of piperidine rings is 1. The predicted octanol–water partition coefficient (Wildman–Crippen LogP) is 5.44. The molecule has 0 radical (unpaired) electrons. The summed E-state index contributed by atoms with van der Waals surface area (Å²) in [5.41, 5.74) is 2.33. The fourth-order valence-corrected chi connectivity index (χ4v) is 4.01. The Kier molecular flexibility index (Phi) is 5.04. The fourth-order valence-electron chi connectivity index (χ4n) is 4.01. The monoisotopic (exact) mass is 414 g/mol. The van der Waals surface area contributed by atoms with Crippen molar-refractivity contribution >= 4 is 39.6 Å². The maximum absolute atomic E-state index is 12.7. The number of likely N-dealkylation sites (tertiary alicyclic amines) is 1. The van der Waals surface area contributed by atoms with Crippen LogP contribution in [0.4, 0.5) is 10.5 Å². The van der Waals surface area contributed by atoms with E-state index in [4.69, 9.17) is 9.15 Å². The number of nitrogens with one attached hydrogen (secondary N) is 1. The zero-order valence-electron chi connectivity index (χ0n) is 16.9. The Labute approximate surface area is 179 Å². The van der Waals surface area contributed by atoms with Crippen molar-refractivity contribution in [3.63, 3.8) is 0 Å². The molecule has 6 nitrogen and oxygen atoms in total. The first-order valence-electron chi connectivity index (χ1n) is 10.4. The Morgan fingerprint density at radius 2 is 1.58 bits per heavy atom. The molecule has 2 amide bonds. The molecule has 3 aromatic carbocycles. The molecule has 1 aromatic heterocycles. The second-order valence-electron chi connectivity index (χ2n) is 7.73. The molecule has 0 saturated carbocycles. The van der Waals surface area contributed by atoms with Crippen molar-refractivity contribution in [2.45, 2.75) is 12.8 Å². The molecule has 0 unspecified atom stereocenters. The van der Waals surface area contributed by atoms with E-state index in [9.17, 15) is 9.59 Å². The highest BCUT2D eigenvalue weighted by atomic mass is 16.5. The lowest BCUT2D eigenvalue weighted by Crippen LogP contribution is -2.43. The number of hydrogen-bond donors (Lipinski definition) is 1. The molecule has 2 heterocycles. The second-order valence-corrected chi connectivity index (χ2v) is 7.73. The summed E-state index contributed by atoms with van der Waals surface area (Å²) in [5.74, 6) is 0.0288. The summed E-state index contributed by atoms with van der Waals surface area (Å²) >= 11 is 0. The number of para-hydroxylation sites is 2. The lowest BCUT2D eigenvalue weighted by atomic mass is 9.97. The van der Waals surface area contributed by atoms with Crippen LogP contribution in [-0.2, 0) is 4.79 Å². The standard InChI is InChI=1S/C25H22N2O4/c28-24(17-12-14-27(15-13-17)25(29)26-18-6-2-1-3-7-18)30-19-10-11-23-21(16-19)20-8-4-5-9-22(20)31-23/h1-11,16-17H,12-15H2,(H,26,29). The molecule has 0 aliphatic carbocycles. The zero-order valence-corrected chi connectivity index (χ0v) is 16.9. The normalized spacial score (nSPS) is 14.6. The van der Waals surface area contributed by atoms with Crippen LogP contribution in [0, 0.1) is 5.92 Å². The summed E-state index contributed by atoms with van der Waals surface area (Å²) in [5, 5.41) is 4.80. The van der Waals surface area contributed by atoms with Crippen LogP contribution in [-0.4, -0.2) is 30.0 Å². The topological polar surface area (TPSA) is 71.8 Å². The van der Waals surface area contributed by atoms with Gasteiger partial charge in [0.2, 0.25) is 0 Å². The molecule has 1 N–H and O–H groups in total. The summed E-state index contributed by atoms with van der Waals surface area (Å²) in [6.07, 6.45) is 1.16. The number of benzene rings is 3. The van der Waals surface area contributed by atoms with E-state index in [1.54, 1.807) is 11.0 Å². The number of fused-ring (bicyclic) bond motifs is 3. The molecule has 5 rings (SSSR count). The molecule has 31 heavy (non-hydrogen) atoms. The highest BCUT2D eigenvalue weighted by molar-refractivity contribution is 6.05. The number of carbonyl (C=O) groups is 2. The number of nitrogens with zero attached hydrogens (tertiary/aromatic N) is 1. The first-order chi connectivity index (χ1) is 15.2. The summed E-state index contributed by atoms with van der Waals surface area (Å²) in [4.78, 5) is 26.9. The van der Waals surface area contributed by atoms with E-state index in [-0.39, 0.29) is 17.9 Å². The summed E-state index contributed by atoms with van der Waals surface area (Å²) in [7, 11) is 0. The number of urea groups is 1. The van der Waals surface area contributed by atoms with E-state index in [1.165, 1.54) is 0 Å². The van der Waals surface area contributed by atoms with E-state index in [2.05, 4.69) is 5.32 Å². The maximum atomic E-state index is 12.7. The van der Waals surface area contributed by atoms with E-state index >= 15 is 0 Å². The van der Waals surface area contributed by atoms with Crippen LogP contribution in [0.3, 0.4) is 0 Å². The average Bonchev–Trinajstić information content (AvgIpc) is 3.18. The van der Waals surface area contributed by atoms with Crippen LogP contribution in [0.25, 0.3) is 21.9 Å². The van der Waals surface area contributed by atoms with Gasteiger partial charge in [0, 0.05) is 29.5 Å². The predicted molar refractivity (Wildman–Crippen MR) is 119 cm³/mol. The van der Waals surface area contributed by atoms with Gasteiger partial charge in [0.15, 0.2) is 0 Å². The first kappa shape index (κ1) is 19.2. The molecule has 1 aliphatic rings. The SMILES string of the molecule is O=C(Oc1ccc2oc3ccccc3c2c1)C1CCN(C(=O)Nc2ccccc2)CC1. The van der Waals surface area contributed by atoms with Gasteiger partial charge >= 0.3 is 12.0 Å². The van der Waals surface area contributed by atoms with Gasteiger partial charge in [-0.3, -0.25) is 4.79 Å². The Balaban J connectivity index is 1.21.